The fraction of sp³-hybridized carbons (Fsp3) is 0.111. The van der Waals surface area contributed by atoms with Gasteiger partial charge < -0.3 is 5.11 Å². The first-order chi connectivity index (χ1) is 10.7. The fourth-order valence-corrected chi connectivity index (χ4v) is 3.77. The number of fused-ring (bicyclic) bond motifs is 3. The van der Waals surface area contributed by atoms with Gasteiger partial charge in [-0.1, -0.05) is 48.5 Å². The molecular formula is C18H13NO2S. The number of carbonyl (C=O) groups is 1. The normalized spacial score (nSPS) is 19.6. The number of aromatic nitrogens is 1. The van der Waals surface area contributed by atoms with Crippen molar-refractivity contribution < 1.29 is 9.90 Å². The van der Waals surface area contributed by atoms with Crippen molar-refractivity contribution in [1.82, 2.24) is 4.98 Å². The molecule has 0 amide bonds. The van der Waals surface area contributed by atoms with Gasteiger partial charge in [-0.05, 0) is 16.7 Å². The molecule has 0 radical (unpaired) electrons. The fourth-order valence-electron chi connectivity index (χ4n) is 3.07. The molecule has 4 rings (SSSR count). The average Bonchev–Trinajstić information content (AvgIpc) is 3.06. The van der Waals surface area contributed by atoms with E-state index in [4.69, 9.17) is 0 Å². The topological polar surface area (TPSA) is 50.2 Å². The van der Waals surface area contributed by atoms with Gasteiger partial charge in [0, 0.05) is 23.6 Å². The van der Waals surface area contributed by atoms with Crippen molar-refractivity contribution in [3.05, 3.63) is 76.2 Å². The van der Waals surface area contributed by atoms with Crippen molar-refractivity contribution in [1.29, 1.82) is 0 Å². The van der Waals surface area contributed by atoms with Crippen LogP contribution in [-0.2, 0) is 12.0 Å². The van der Waals surface area contributed by atoms with Crippen LogP contribution in [-0.4, -0.2) is 15.9 Å². The van der Waals surface area contributed by atoms with Crippen LogP contribution in [0.2, 0.25) is 0 Å². The Balaban J connectivity index is 1.95. The second-order valence-corrected chi connectivity index (χ2v) is 6.36. The Morgan fingerprint density at radius 2 is 1.68 bits per heavy atom. The van der Waals surface area contributed by atoms with Crippen molar-refractivity contribution in [2.75, 3.05) is 0 Å². The van der Waals surface area contributed by atoms with Crippen molar-refractivity contribution >= 4 is 17.1 Å². The Kier molecular flexibility index (Phi) is 2.96. The molecule has 3 aromatic rings. The van der Waals surface area contributed by atoms with Crippen LogP contribution in [0.25, 0.3) is 11.1 Å². The molecule has 0 spiro atoms. The summed E-state index contributed by atoms with van der Waals surface area (Å²) in [6.45, 7) is 0. The van der Waals surface area contributed by atoms with Gasteiger partial charge in [0.2, 0.25) is 0 Å². The Bertz CT molecular complexity index is 857. The molecule has 1 aromatic heterocycles. The molecule has 0 saturated carbocycles. The van der Waals surface area contributed by atoms with Gasteiger partial charge in [0.05, 0.1) is 5.01 Å². The molecule has 2 aromatic carbocycles. The minimum atomic E-state index is -1.55. The summed E-state index contributed by atoms with van der Waals surface area (Å²) in [7, 11) is 0. The van der Waals surface area contributed by atoms with Crippen molar-refractivity contribution in [3.63, 3.8) is 0 Å². The largest absolute Gasteiger partial charge is 0.376 e. The standard InChI is InChI=1S/C18H13NO2S/c20-17-14-7-2-1-5-12(14)13-6-3-4-8-15(13)18(17,21)11-16-19-9-10-22-16/h1-10,21H,11H2/t18-/m1/s1. The van der Waals surface area contributed by atoms with Crippen LogP contribution in [0.4, 0.5) is 0 Å². The van der Waals surface area contributed by atoms with Crippen LogP contribution in [0.15, 0.2) is 60.1 Å². The SMILES string of the molecule is O=C1c2ccccc2-c2ccccc2[C@]1(O)Cc1nccs1. The van der Waals surface area contributed by atoms with E-state index in [0.717, 1.165) is 16.1 Å². The molecule has 0 saturated heterocycles. The van der Waals surface area contributed by atoms with Crippen LogP contribution >= 0.6 is 11.3 Å². The molecule has 1 aliphatic carbocycles. The zero-order valence-corrected chi connectivity index (χ0v) is 12.5. The first-order valence-corrected chi connectivity index (χ1v) is 7.92. The molecule has 0 aliphatic heterocycles. The molecular weight excluding hydrogens is 294 g/mol. The van der Waals surface area contributed by atoms with Gasteiger partial charge in [0.15, 0.2) is 11.4 Å². The highest BCUT2D eigenvalue weighted by atomic mass is 32.1. The third-order valence-electron chi connectivity index (χ3n) is 4.10. The zero-order chi connectivity index (χ0) is 15.2. The third-order valence-corrected chi connectivity index (χ3v) is 4.88. The zero-order valence-electron chi connectivity index (χ0n) is 11.7. The molecule has 1 aliphatic rings. The number of rotatable bonds is 2. The lowest BCUT2D eigenvalue weighted by atomic mass is 9.73. The van der Waals surface area contributed by atoms with Gasteiger partial charge in [0.1, 0.15) is 0 Å². The molecule has 1 N–H and O–H groups in total. The molecule has 0 unspecified atom stereocenters. The lowest BCUT2D eigenvalue weighted by Crippen LogP contribution is -2.41. The molecule has 4 heteroatoms. The number of thiazole rings is 1. The minimum absolute atomic E-state index is 0.203. The number of ketones is 1. The van der Waals surface area contributed by atoms with Gasteiger partial charge >= 0.3 is 0 Å². The first kappa shape index (κ1) is 13.4. The second-order valence-electron chi connectivity index (χ2n) is 5.38. The summed E-state index contributed by atoms with van der Waals surface area (Å²) >= 11 is 1.45. The molecule has 3 nitrogen and oxygen atoms in total. The predicted molar refractivity (Wildman–Crippen MR) is 85.9 cm³/mol. The third kappa shape index (κ3) is 1.85. The maximum Gasteiger partial charge on any atom is 0.199 e. The number of benzene rings is 2. The van der Waals surface area contributed by atoms with E-state index in [0.29, 0.717) is 11.1 Å². The maximum atomic E-state index is 13.0. The number of hydrogen-bond donors (Lipinski definition) is 1. The van der Waals surface area contributed by atoms with Gasteiger partial charge in [-0.25, -0.2) is 4.98 Å². The van der Waals surface area contributed by atoms with E-state index in [1.165, 1.54) is 11.3 Å². The van der Waals surface area contributed by atoms with Gasteiger partial charge in [-0.2, -0.15) is 0 Å². The molecule has 1 atom stereocenters. The number of carbonyl (C=O) groups excluding carboxylic acids is 1. The highest BCUT2D eigenvalue weighted by Crippen LogP contribution is 2.43. The van der Waals surface area contributed by atoms with Gasteiger partial charge in [-0.3, -0.25) is 4.79 Å². The Labute approximate surface area is 131 Å². The quantitative estimate of drug-likeness (QED) is 0.789. The highest BCUT2D eigenvalue weighted by molar-refractivity contribution is 7.09. The van der Waals surface area contributed by atoms with Crippen LogP contribution < -0.4 is 0 Å². The van der Waals surface area contributed by atoms with E-state index in [9.17, 15) is 9.90 Å². The number of Topliss-reactive ketones (excluding diaryl/α,β-unsaturated/α-hetero) is 1. The van der Waals surface area contributed by atoms with Crippen LogP contribution in [0.3, 0.4) is 0 Å². The number of nitrogens with zero attached hydrogens (tertiary/aromatic N) is 1. The van der Waals surface area contributed by atoms with Crippen molar-refractivity contribution in [2.45, 2.75) is 12.0 Å². The monoisotopic (exact) mass is 307 g/mol. The van der Waals surface area contributed by atoms with Crippen LogP contribution in [0.1, 0.15) is 20.9 Å². The molecule has 1 heterocycles. The summed E-state index contributed by atoms with van der Waals surface area (Å²) in [6, 6.07) is 15.0. The van der Waals surface area contributed by atoms with E-state index in [1.54, 1.807) is 12.3 Å². The Morgan fingerprint density at radius 1 is 1.00 bits per heavy atom. The smallest absolute Gasteiger partial charge is 0.199 e. The summed E-state index contributed by atoms with van der Waals surface area (Å²) in [4.78, 5) is 17.2. The van der Waals surface area contributed by atoms with E-state index in [1.807, 2.05) is 47.8 Å². The predicted octanol–water partition coefficient (Wildman–Crippen LogP) is 3.44. The Hall–Kier alpha value is -2.30. The highest BCUT2D eigenvalue weighted by Gasteiger charge is 2.45. The average molecular weight is 307 g/mol. The van der Waals surface area contributed by atoms with Crippen LogP contribution in [0.5, 0.6) is 0 Å². The number of aliphatic hydroxyl groups is 1. The van der Waals surface area contributed by atoms with E-state index in [-0.39, 0.29) is 12.2 Å². The van der Waals surface area contributed by atoms with E-state index >= 15 is 0 Å². The first-order valence-electron chi connectivity index (χ1n) is 7.04. The van der Waals surface area contributed by atoms with Gasteiger partial charge in [-0.15, -0.1) is 11.3 Å². The Morgan fingerprint density at radius 3 is 2.41 bits per heavy atom. The second kappa shape index (κ2) is 4.87. The van der Waals surface area contributed by atoms with E-state index < -0.39 is 5.60 Å². The number of hydrogen-bond acceptors (Lipinski definition) is 4. The summed E-state index contributed by atoms with van der Waals surface area (Å²) < 4.78 is 0. The molecule has 0 fully saturated rings. The minimum Gasteiger partial charge on any atom is -0.376 e. The van der Waals surface area contributed by atoms with Crippen molar-refractivity contribution in [3.8, 4) is 11.1 Å². The van der Waals surface area contributed by atoms with Crippen LogP contribution in [0, 0.1) is 0 Å². The van der Waals surface area contributed by atoms with Crippen molar-refractivity contribution in [2.24, 2.45) is 0 Å². The maximum absolute atomic E-state index is 13.0. The summed E-state index contributed by atoms with van der Waals surface area (Å²) in [6.07, 6.45) is 1.89. The summed E-state index contributed by atoms with van der Waals surface area (Å²) in [5.41, 5.74) is 1.47. The van der Waals surface area contributed by atoms with E-state index in [2.05, 4.69) is 4.98 Å². The lowest BCUT2D eigenvalue weighted by Gasteiger charge is -2.33. The lowest BCUT2D eigenvalue weighted by molar-refractivity contribution is 0.0293. The van der Waals surface area contributed by atoms with Gasteiger partial charge in [0.25, 0.3) is 0 Å². The molecule has 0 bridgehead atoms. The molecule has 22 heavy (non-hydrogen) atoms. The summed E-state index contributed by atoms with van der Waals surface area (Å²) in [5, 5.41) is 13.8. The molecule has 108 valence electrons. The summed E-state index contributed by atoms with van der Waals surface area (Å²) in [5.74, 6) is -0.253.